The molecule has 7 nitrogen and oxygen atoms in total. The molecule has 1 amide bonds. The fourth-order valence-corrected chi connectivity index (χ4v) is 2.18. The van der Waals surface area contributed by atoms with E-state index in [9.17, 15) is 4.79 Å². The molecular weight excluding hydrogens is 294 g/mol. The number of rotatable bonds is 7. The van der Waals surface area contributed by atoms with Crippen LogP contribution in [0.2, 0.25) is 0 Å². The van der Waals surface area contributed by atoms with Gasteiger partial charge in [0.25, 0.3) is 0 Å². The largest absolute Gasteiger partial charge is 0.443 e. The van der Waals surface area contributed by atoms with Crippen LogP contribution in [-0.4, -0.2) is 21.1 Å². The zero-order chi connectivity index (χ0) is 16.9. The van der Waals surface area contributed by atoms with Crippen LogP contribution in [0.4, 0.5) is 4.79 Å². The second-order valence-electron chi connectivity index (χ2n) is 5.75. The molecule has 2 rings (SSSR count). The minimum Gasteiger partial charge on any atom is -0.443 e. The number of hydrogen-bond donors (Lipinski definition) is 2. The first-order valence-electron chi connectivity index (χ1n) is 7.76. The minimum atomic E-state index is -0.424. The second-order valence-corrected chi connectivity index (χ2v) is 5.75. The van der Waals surface area contributed by atoms with Crippen molar-refractivity contribution in [2.45, 2.75) is 52.3 Å². The van der Waals surface area contributed by atoms with Crippen LogP contribution in [0.25, 0.3) is 5.65 Å². The van der Waals surface area contributed by atoms with Crippen LogP contribution in [0.3, 0.4) is 0 Å². The van der Waals surface area contributed by atoms with Crippen molar-refractivity contribution in [1.29, 1.82) is 5.53 Å². The van der Waals surface area contributed by atoms with Gasteiger partial charge in [0.1, 0.15) is 17.8 Å². The van der Waals surface area contributed by atoms with Gasteiger partial charge in [-0.2, -0.15) is 5.11 Å². The third kappa shape index (κ3) is 4.28. The summed E-state index contributed by atoms with van der Waals surface area (Å²) in [7, 11) is 0. The number of carbonyl (C=O) groups excluding carboxylic acids is 1. The fourth-order valence-electron chi connectivity index (χ4n) is 2.18. The number of amides is 1. The van der Waals surface area contributed by atoms with Crippen molar-refractivity contribution in [3.8, 4) is 0 Å². The quantitative estimate of drug-likeness (QED) is 0.763. The molecule has 0 saturated carbocycles. The van der Waals surface area contributed by atoms with E-state index in [0.29, 0.717) is 6.54 Å². The Morgan fingerprint density at radius 3 is 2.78 bits per heavy atom. The lowest BCUT2D eigenvalue weighted by Crippen LogP contribution is -2.35. The Morgan fingerprint density at radius 2 is 2.13 bits per heavy atom. The lowest BCUT2D eigenvalue weighted by atomic mass is 10.0. The summed E-state index contributed by atoms with van der Waals surface area (Å²) < 4.78 is 7.35. The van der Waals surface area contributed by atoms with Crippen molar-refractivity contribution < 1.29 is 9.53 Å². The van der Waals surface area contributed by atoms with Gasteiger partial charge in [0.15, 0.2) is 0 Å². The summed E-state index contributed by atoms with van der Waals surface area (Å²) >= 11 is 0. The minimum absolute atomic E-state index is 0.272. The molecule has 2 aromatic heterocycles. The molecule has 23 heavy (non-hydrogen) atoms. The van der Waals surface area contributed by atoms with Gasteiger partial charge >= 0.3 is 6.09 Å². The monoisotopic (exact) mass is 317 g/mol. The molecule has 0 atom stereocenters. The fraction of sp³-hybridized carbons (Fsp3) is 0.500. The zero-order valence-corrected chi connectivity index (χ0v) is 13.8. The number of pyridine rings is 1. The van der Waals surface area contributed by atoms with Crippen LogP contribution in [0, 0.1) is 5.53 Å². The number of nitrogens with one attached hydrogen (secondary N) is 2. The van der Waals surface area contributed by atoms with Crippen molar-refractivity contribution in [3.63, 3.8) is 0 Å². The standard InChI is InChI=1S/C16H23N5O2/c1-4-16(3,5-2)23-15(22)18-8-12-6-7-14-20-13(9-19-17)11-21(14)10-12/h6-7,10-11,17H,4-5,8-9H2,1-3H3,(H,18,22). The third-order valence-corrected chi connectivity index (χ3v) is 4.07. The first kappa shape index (κ1) is 16.9. The second kappa shape index (κ2) is 7.21. The Labute approximate surface area is 135 Å². The molecule has 0 fully saturated rings. The van der Waals surface area contributed by atoms with Crippen LogP contribution in [0.1, 0.15) is 44.9 Å². The number of ether oxygens (including phenoxy) is 1. The number of carbonyl (C=O) groups is 1. The maximum atomic E-state index is 11.9. The van der Waals surface area contributed by atoms with Crippen LogP contribution in [0.15, 0.2) is 29.6 Å². The Hall–Kier alpha value is -2.44. The Bertz CT molecular complexity index is 691. The normalized spacial score (nSPS) is 11.4. The summed E-state index contributed by atoms with van der Waals surface area (Å²) in [5.41, 5.74) is 8.94. The lowest BCUT2D eigenvalue weighted by molar-refractivity contribution is 0.0189. The lowest BCUT2D eigenvalue weighted by Gasteiger charge is -2.26. The first-order valence-corrected chi connectivity index (χ1v) is 7.76. The van der Waals surface area contributed by atoms with Crippen LogP contribution < -0.4 is 5.32 Å². The van der Waals surface area contributed by atoms with Gasteiger partial charge in [-0.05, 0) is 31.4 Å². The first-order chi connectivity index (χ1) is 11.0. The van der Waals surface area contributed by atoms with E-state index in [2.05, 4.69) is 15.4 Å². The predicted octanol–water partition coefficient (Wildman–Crippen LogP) is 3.67. The average Bonchev–Trinajstić information content (AvgIpc) is 2.94. The van der Waals surface area contributed by atoms with Gasteiger partial charge in [-0.1, -0.05) is 19.9 Å². The van der Waals surface area contributed by atoms with E-state index >= 15 is 0 Å². The van der Waals surface area contributed by atoms with E-state index < -0.39 is 11.7 Å². The highest BCUT2D eigenvalue weighted by Gasteiger charge is 2.24. The molecule has 2 aromatic rings. The molecule has 0 aromatic carbocycles. The van der Waals surface area contributed by atoms with Crippen LogP contribution in [-0.2, 0) is 17.8 Å². The van der Waals surface area contributed by atoms with E-state index in [-0.39, 0.29) is 6.54 Å². The summed E-state index contributed by atoms with van der Waals surface area (Å²) in [6.07, 6.45) is 4.88. The van der Waals surface area contributed by atoms with Crippen LogP contribution >= 0.6 is 0 Å². The molecule has 124 valence electrons. The van der Waals surface area contributed by atoms with Crippen molar-refractivity contribution in [3.05, 3.63) is 35.8 Å². The Kier molecular flexibility index (Phi) is 5.31. The Balaban J connectivity index is 1.99. The van der Waals surface area contributed by atoms with Gasteiger partial charge in [0.05, 0.1) is 5.69 Å². The number of hydrogen-bond acceptors (Lipinski definition) is 5. The van der Waals surface area contributed by atoms with Gasteiger partial charge in [-0.25, -0.2) is 15.3 Å². The van der Waals surface area contributed by atoms with E-state index in [1.54, 1.807) is 0 Å². The molecule has 2 heterocycles. The number of nitrogens with zero attached hydrogens (tertiary/aromatic N) is 3. The highest BCUT2D eigenvalue weighted by molar-refractivity contribution is 5.67. The number of fused-ring (bicyclic) bond motifs is 1. The van der Waals surface area contributed by atoms with Gasteiger partial charge < -0.3 is 14.5 Å². The van der Waals surface area contributed by atoms with E-state index in [0.717, 1.165) is 29.7 Å². The zero-order valence-electron chi connectivity index (χ0n) is 13.8. The summed E-state index contributed by atoms with van der Waals surface area (Å²) in [4.78, 5) is 16.3. The van der Waals surface area contributed by atoms with E-state index in [1.165, 1.54) is 0 Å². The van der Waals surface area contributed by atoms with Gasteiger partial charge in [-0.3, -0.25) is 0 Å². The SMILES string of the molecule is CCC(C)(CC)OC(=O)NCc1ccc2nc(CN=N)cn2c1. The van der Waals surface area contributed by atoms with Crippen molar-refractivity contribution >= 4 is 11.7 Å². The molecule has 7 heteroatoms. The highest BCUT2D eigenvalue weighted by atomic mass is 16.6. The third-order valence-electron chi connectivity index (χ3n) is 4.07. The molecular formula is C16H23N5O2. The van der Waals surface area contributed by atoms with E-state index in [1.807, 2.05) is 49.7 Å². The summed E-state index contributed by atoms with van der Waals surface area (Å²) in [6, 6.07) is 3.78. The van der Waals surface area contributed by atoms with Crippen molar-refractivity contribution in [1.82, 2.24) is 14.7 Å². The van der Waals surface area contributed by atoms with Gasteiger partial charge in [0, 0.05) is 18.9 Å². The summed E-state index contributed by atoms with van der Waals surface area (Å²) in [5.74, 6) is 0. The van der Waals surface area contributed by atoms with Gasteiger partial charge in [-0.15, -0.1) is 0 Å². The molecule has 0 spiro atoms. The predicted molar refractivity (Wildman–Crippen MR) is 86.4 cm³/mol. The smallest absolute Gasteiger partial charge is 0.407 e. The molecule has 0 aliphatic rings. The molecule has 0 unspecified atom stereocenters. The number of alkyl carbamates (subject to hydrolysis) is 1. The molecule has 0 aliphatic carbocycles. The van der Waals surface area contributed by atoms with E-state index in [4.69, 9.17) is 10.3 Å². The molecule has 2 N–H and O–H groups in total. The topological polar surface area (TPSA) is 91.8 Å². The number of aromatic nitrogens is 2. The van der Waals surface area contributed by atoms with Crippen LogP contribution in [0.5, 0.6) is 0 Å². The maximum Gasteiger partial charge on any atom is 0.407 e. The highest BCUT2D eigenvalue weighted by Crippen LogP contribution is 2.19. The molecule has 0 saturated heterocycles. The average molecular weight is 317 g/mol. The Morgan fingerprint density at radius 1 is 1.39 bits per heavy atom. The van der Waals surface area contributed by atoms with Crippen molar-refractivity contribution in [2.24, 2.45) is 5.11 Å². The maximum absolute atomic E-state index is 11.9. The summed E-state index contributed by atoms with van der Waals surface area (Å²) in [5, 5.41) is 6.11. The number of imidazole rings is 1. The molecule has 0 radical (unpaired) electrons. The molecule has 0 aliphatic heterocycles. The molecule has 0 bridgehead atoms. The summed E-state index contributed by atoms with van der Waals surface area (Å²) in [6.45, 7) is 6.60. The van der Waals surface area contributed by atoms with Gasteiger partial charge in [0.2, 0.25) is 0 Å². The van der Waals surface area contributed by atoms with Crippen molar-refractivity contribution in [2.75, 3.05) is 0 Å².